The second-order valence-electron chi connectivity index (χ2n) is 2.41. The summed E-state index contributed by atoms with van der Waals surface area (Å²) in [5.41, 5.74) is 0. The lowest BCUT2D eigenvalue weighted by Gasteiger charge is -2.04. The van der Waals surface area contributed by atoms with Gasteiger partial charge < -0.3 is 4.74 Å². The largest absolute Gasteiger partial charge is 0.469 e. The van der Waals surface area contributed by atoms with Crippen LogP contribution < -0.4 is 0 Å². The molecule has 0 bridgehead atoms. The van der Waals surface area contributed by atoms with Crippen LogP contribution in [0.4, 0.5) is 0 Å². The molecular formula is C8H14O2. The first-order valence-electron chi connectivity index (χ1n) is 3.38. The summed E-state index contributed by atoms with van der Waals surface area (Å²) >= 11 is 0. The molecule has 0 N–H and O–H groups in total. The standard InChI is InChI=1S/C8H14O2/c1-4-5-7(2)6-8(9)10-3/h4,7H,1,5-6H2,2-3H3. The molecule has 0 aromatic rings. The minimum atomic E-state index is -0.144. The van der Waals surface area contributed by atoms with Gasteiger partial charge in [-0.15, -0.1) is 6.58 Å². The molecule has 0 aliphatic carbocycles. The fourth-order valence-corrected chi connectivity index (χ4v) is 0.736. The first kappa shape index (κ1) is 9.21. The number of rotatable bonds is 4. The maximum Gasteiger partial charge on any atom is 0.305 e. The Labute approximate surface area is 61.9 Å². The average Bonchev–Trinajstić information content (AvgIpc) is 1.88. The number of esters is 1. The molecule has 0 aliphatic rings. The van der Waals surface area contributed by atoms with E-state index in [1.54, 1.807) is 0 Å². The van der Waals surface area contributed by atoms with Crippen molar-refractivity contribution in [1.29, 1.82) is 0 Å². The number of carbonyl (C=O) groups is 1. The molecule has 0 fully saturated rings. The Kier molecular flexibility index (Phi) is 4.63. The van der Waals surface area contributed by atoms with E-state index in [1.807, 2.05) is 13.0 Å². The van der Waals surface area contributed by atoms with Crippen molar-refractivity contribution in [1.82, 2.24) is 0 Å². The van der Waals surface area contributed by atoms with Crippen molar-refractivity contribution >= 4 is 5.97 Å². The molecule has 0 spiro atoms. The molecule has 0 aromatic heterocycles. The Balaban J connectivity index is 3.46. The van der Waals surface area contributed by atoms with Crippen molar-refractivity contribution in [2.24, 2.45) is 5.92 Å². The quantitative estimate of drug-likeness (QED) is 0.441. The van der Waals surface area contributed by atoms with Crippen LogP contribution in [0.15, 0.2) is 12.7 Å². The highest BCUT2D eigenvalue weighted by molar-refractivity contribution is 5.69. The molecule has 0 amide bonds. The van der Waals surface area contributed by atoms with Gasteiger partial charge >= 0.3 is 5.97 Å². The molecular weight excluding hydrogens is 128 g/mol. The monoisotopic (exact) mass is 142 g/mol. The van der Waals surface area contributed by atoms with Gasteiger partial charge in [-0.05, 0) is 12.3 Å². The summed E-state index contributed by atoms with van der Waals surface area (Å²) in [5, 5.41) is 0. The van der Waals surface area contributed by atoms with E-state index in [0.29, 0.717) is 12.3 Å². The van der Waals surface area contributed by atoms with Crippen LogP contribution in [0.3, 0.4) is 0 Å². The molecule has 2 heteroatoms. The number of ether oxygens (including phenoxy) is 1. The molecule has 58 valence electrons. The molecule has 0 aliphatic heterocycles. The van der Waals surface area contributed by atoms with E-state index in [2.05, 4.69) is 11.3 Å². The van der Waals surface area contributed by atoms with Gasteiger partial charge in [-0.3, -0.25) is 4.79 Å². The van der Waals surface area contributed by atoms with E-state index in [4.69, 9.17) is 0 Å². The molecule has 0 saturated heterocycles. The first-order chi connectivity index (χ1) is 4.70. The van der Waals surface area contributed by atoms with Gasteiger partial charge in [-0.25, -0.2) is 0 Å². The highest BCUT2D eigenvalue weighted by Crippen LogP contribution is 2.07. The smallest absolute Gasteiger partial charge is 0.305 e. The number of methoxy groups -OCH3 is 1. The Hall–Kier alpha value is -0.790. The zero-order valence-electron chi connectivity index (χ0n) is 6.59. The van der Waals surface area contributed by atoms with Crippen LogP contribution in [-0.2, 0) is 9.53 Å². The predicted molar refractivity (Wildman–Crippen MR) is 40.6 cm³/mol. The Morgan fingerprint density at radius 2 is 2.40 bits per heavy atom. The molecule has 0 rings (SSSR count). The third-order valence-corrected chi connectivity index (χ3v) is 1.31. The van der Waals surface area contributed by atoms with Gasteiger partial charge in [0.1, 0.15) is 0 Å². The van der Waals surface area contributed by atoms with Crippen LogP contribution in [0.2, 0.25) is 0 Å². The van der Waals surface area contributed by atoms with Crippen LogP contribution in [0, 0.1) is 5.92 Å². The third-order valence-electron chi connectivity index (χ3n) is 1.31. The maximum atomic E-state index is 10.6. The zero-order valence-corrected chi connectivity index (χ0v) is 6.59. The first-order valence-corrected chi connectivity index (χ1v) is 3.38. The van der Waals surface area contributed by atoms with Crippen molar-refractivity contribution in [3.8, 4) is 0 Å². The number of hydrogen-bond acceptors (Lipinski definition) is 2. The number of hydrogen-bond donors (Lipinski definition) is 0. The van der Waals surface area contributed by atoms with E-state index in [-0.39, 0.29) is 5.97 Å². The molecule has 1 unspecified atom stereocenters. The summed E-state index contributed by atoms with van der Waals surface area (Å²) in [6, 6.07) is 0. The van der Waals surface area contributed by atoms with Crippen LogP contribution in [-0.4, -0.2) is 13.1 Å². The SMILES string of the molecule is C=CCC(C)CC(=O)OC. The van der Waals surface area contributed by atoms with Crippen molar-refractivity contribution in [3.63, 3.8) is 0 Å². The Bertz CT molecular complexity index is 118. The lowest BCUT2D eigenvalue weighted by atomic mass is 10.0. The lowest BCUT2D eigenvalue weighted by Crippen LogP contribution is -2.06. The van der Waals surface area contributed by atoms with Crippen molar-refractivity contribution < 1.29 is 9.53 Å². The Morgan fingerprint density at radius 3 is 2.80 bits per heavy atom. The number of allylic oxidation sites excluding steroid dienone is 1. The minimum Gasteiger partial charge on any atom is -0.469 e. The fraction of sp³-hybridized carbons (Fsp3) is 0.625. The lowest BCUT2D eigenvalue weighted by molar-refractivity contribution is -0.141. The molecule has 0 radical (unpaired) electrons. The van der Waals surface area contributed by atoms with Gasteiger partial charge in [-0.2, -0.15) is 0 Å². The van der Waals surface area contributed by atoms with Crippen molar-refractivity contribution in [2.45, 2.75) is 19.8 Å². The second kappa shape index (κ2) is 5.03. The van der Waals surface area contributed by atoms with Gasteiger partial charge in [-0.1, -0.05) is 13.0 Å². The highest BCUT2D eigenvalue weighted by Gasteiger charge is 2.06. The number of carbonyl (C=O) groups excluding carboxylic acids is 1. The normalized spacial score (nSPS) is 12.2. The fourth-order valence-electron chi connectivity index (χ4n) is 0.736. The Morgan fingerprint density at radius 1 is 1.80 bits per heavy atom. The second-order valence-corrected chi connectivity index (χ2v) is 2.41. The van der Waals surface area contributed by atoms with Crippen LogP contribution in [0.1, 0.15) is 19.8 Å². The average molecular weight is 142 g/mol. The van der Waals surface area contributed by atoms with E-state index in [9.17, 15) is 4.79 Å². The molecule has 0 aromatic carbocycles. The predicted octanol–water partition coefficient (Wildman–Crippen LogP) is 1.76. The van der Waals surface area contributed by atoms with E-state index in [0.717, 1.165) is 6.42 Å². The van der Waals surface area contributed by atoms with Gasteiger partial charge in [0.2, 0.25) is 0 Å². The highest BCUT2D eigenvalue weighted by atomic mass is 16.5. The minimum absolute atomic E-state index is 0.144. The van der Waals surface area contributed by atoms with Crippen molar-refractivity contribution in [3.05, 3.63) is 12.7 Å². The summed E-state index contributed by atoms with van der Waals surface area (Å²) in [7, 11) is 1.41. The summed E-state index contributed by atoms with van der Waals surface area (Å²) < 4.78 is 4.49. The molecule has 0 heterocycles. The summed E-state index contributed by atoms with van der Waals surface area (Å²) in [4.78, 5) is 10.6. The van der Waals surface area contributed by atoms with E-state index >= 15 is 0 Å². The van der Waals surface area contributed by atoms with Crippen LogP contribution >= 0.6 is 0 Å². The van der Waals surface area contributed by atoms with Crippen LogP contribution in [0.5, 0.6) is 0 Å². The third kappa shape index (κ3) is 4.13. The summed E-state index contributed by atoms with van der Waals surface area (Å²) in [6.45, 7) is 5.58. The summed E-state index contributed by atoms with van der Waals surface area (Å²) in [5.74, 6) is 0.208. The van der Waals surface area contributed by atoms with E-state index < -0.39 is 0 Å². The van der Waals surface area contributed by atoms with Crippen LogP contribution in [0.25, 0.3) is 0 Å². The maximum absolute atomic E-state index is 10.6. The van der Waals surface area contributed by atoms with Gasteiger partial charge in [0.15, 0.2) is 0 Å². The van der Waals surface area contributed by atoms with E-state index in [1.165, 1.54) is 7.11 Å². The molecule has 0 saturated carbocycles. The molecule has 1 atom stereocenters. The summed E-state index contributed by atoms with van der Waals surface area (Å²) in [6.07, 6.45) is 3.17. The van der Waals surface area contributed by atoms with Gasteiger partial charge in [0.05, 0.1) is 7.11 Å². The van der Waals surface area contributed by atoms with Crippen molar-refractivity contribution in [2.75, 3.05) is 7.11 Å². The molecule has 2 nitrogen and oxygen atoms in total. The van der Waals surface area contributed by atoms with Gasteiger partial charge in [0.25, 0.3) is 0 Å². The topological polar surface area (TPSA) is 26.3 Å². The zero-order chi connectivity index (χ0) is 7.98. The van der Waals surface area contributed by atoms with Gasteiger partial charge in [0, 0.05) is 6.42 Å². The molecule has 10 heavy (non-hydrogen) atoms.